The molecule has 110 valence electrons. The van der Waals surface area contributed by atoms with E-state index < -0.39 is 0 Å². The van der Waals surface area contributed by atoms with Crippen molar-refractivity contribution in [2.75, 3.05) is 26.7 Å². The summed E-state index contributed by atoms with van der Waals surface area (Å²) in [5, 5.41) is 3.72. The lowest BCUT2D eigenvalue weighted by Crippen LogP contribution is -2.41. The Morgan fingerprint density at radius 2 is 1.79 bits per heavy atom. The smallest absolute Gasteiger partial charge is 0.0223 e. The standard InChI is InChI=1S/C16H31N3/c1-3-9-17-13-4-5-15(11-13)19-10-8-14-6-7-16(12-19)18(14)2/h13-17H,3-12H2,1-2H3. The Labute approximate surface area is 118 Å². The summed E-state index contributed by atoms with van der Waals surface area (Å²) in [5.41, 5.74) is 0. The van der Waals surface area contributed by atoms with Crippen LogP contribution in [0, 0.1) is 0 Å². The lowest BCUT2D eigenvalue weighted by Gasteiger charge is -2.31. The van der Waals surface area contributed by atoms with E-state index in [2.05, 4.69) is 29.1 Å². The molecule has 1 aliphatic carbocycles. The maximum atomic E-state index is 3.72. The van der Waals surface area contributed by atoms with Gasteiger partial charge in [-0.2, -0.15) is 0 Å². The van der Waals surface area contributed by atoms with E-state index in [1.54, 1.807) is 0 Å². The number of rotatable bonds is 4. The third-order valence-electron chi connectivity index (χ3n) is 5.78. The molecule has 4 atom stereocenters. The number of fused-ring (bicyclic) bond motifs is 2. The highest BCUT2D eigenvalue weighted by Gasteiger charge is 2.38. The molecular weight excluding hydrogens is 234 g/mol. The Morgan fingerprint density at radius 3 is 2.63 bits per heavy atom. The van der Waals surface area contributed by atoms with Crippen LogP contribution in [0.2, 0.25) is 0 Å². The van der Waals surface area contributed by atoms with Crippen molar-refractivity contribution in [2.24, 2.45) is 0 Å². The van der Waals surface area contributed by atoms with Gasteiger partial charge >= 0.3 is 0 Å². The highest BCUT2D eigenvalue weighted by Crippen LogP contribution is 2.32. The second-order valence-electron chi connectivity index (χ2n) is 6.95. The Bertz CT molecular complexity index is 294. The first-order valence-corrected chi connectivity index (χ1v) is 8.47. The van der Waals surface area contributed by atoms with Gasteiger partial charge in [0.2, 0.25) is 0 Å². The molecule has 0 amide bonds. The topological polar surface area (TPSA) is 18.5 Å². The third-order valence-corrected chi connectivity index (χ3v) is 5.78. The zero-order valence-electron chi connectivity index (χ0n) is 12.8. The number of nitrogens with one attached hydrogen (secondary N) is 1. The van der Waals surface area contributed by atoms with Crippen LogP contribution in [0.15, 0.2) is 0 Å². The molecule has 2 bridgehead atoms. The van der Waals surface area contributed by atoms with E-state index in [1.165, 1.54) is 64.6 Å². The summed E-state index contributed by atoms with van der Waals surface area (Å²) in [4.78, 5) is 5.50. The molecule has 19 heavy (non-hydrogen) atoms. The summed E-state index contributed by atoms with van der Waals surface area (Å²) in [7, 11) is 2.35. The Hall–Kier alpha value is -0.120. The molecule has 2 heterocycles. The molecule has 3 aliphatic rings. The first kappa shape index (κ1) is 13.8. The van der Waals surface area contributed by atoms with Gasteiger partial charge in [-0.15, -0.1) is 0 Å². The SMILES string of the molecule is CCCNC1CCC(N2CCC3CCC(C2)N3C)C1. The largest absolute Gasteiger partial charge is 0.314 e. The molecular formula is C16H31N3. The second kappa shape index (κ2) is 6.11. The molecule has 1 N–H and O–H groups in total. The van der Waals surface area contributed by atoms with E-state index in [0.29, 0.717) is 0 Å². The van der Waals surface area contributed by atoms with Gasteiger partial charge in [0.05, 0.1) is 0 Å². The van der Waals surface area contributed by atoms with Gasteiger partial charge in [-0.3, -0.25) is 9.80 Å². The van der Waals surface area contributed by atoms with Gasteiger partial charge in [-0.25, -0.2) is 0 Å². The number of likely N-dealkylation sites (tertiary alicyclic amines) is 1. The summed E-state index contributed by atoms with van der Waals surface area (Å²) in [6.07, 6.45) is 9.74. The van der Waals surface area contributed by atoms with E-state index in [0.717, 1.165) is 24.2 Å². The minimum atomic E-state index is 0.795. The van der Waals surface area contributed by atoms with Crippen LogP contribution >= 0.6 is 0 Å². The normalized spacial score (nSPS) is 40.7. The highest BCUT2D eigenvalue weighted by atomic mass is 15.3. The molecule has 2 aliphatic heterocycles. The van der Waals surface area contributed by atoms with Crippen LogP contribution in [0.1, 0.15) is 51.9 Å². The van der Waals surface area contributed by atoms with E-state index in [9.17, 15) is 0 Å². The third kappa shape index (κ3) is 2.98. The highest BCUT2D eigenvalue weighted by molar-refractivity contribution is 4.95. The van der Waals surface area contributed by atoms with E-state index in [-0.39, 0.29) is 0 Å². The molecule has 0 aromatic rings. The van der Waals surface area contributed by atoms with Crippen molar-refractivity contribution in [3.05, 3.63) is 0 Å². The van der Waals surface area contributed by atoms with Crippen molar-refractivity contribution in [3.63, 3.8) is 0 Å². The van der Waals surface area contributed by atoms with Gasteiger partial charge in [0.15, 0.2) is 0 Å². The van der Waals surface area contributed by atoms with Gasteiger partial charge in [0, 0.05) is 30.7 Å². The van der Waals surface area contributed by atoms with Gasteiger partial charge in [0.25, 0.3) is 0 Å². The average Bonchev–Trinajstić information content (AvgIpc) is 2.94. The lowest BCUT2D eigenvalue weighted by molar-refractivity contribution is 0.171. The van der Waals surface area contributed by atoms with Crippen molar-refractivity contribution in [1.82, 2.24) is 15.1 Å². The molecule has 0 spiro atoms. The zero-order valence-corrected chi connectivity index (χ0v) is 12.8. The van der Waals surface area contributed by atoms with Crippen molar-refractivity contribution < 1.29 is 0 Å². The first-order valence-electron chi connectivity index (χ1n) is 8.47. The van der Waals surface area contributed by atoms with Gasteiger partial charge in [-0.05, 0) is 65.1 Å². The molecule has 0 aromatic heterocycles. The summed E-state index contributed by atoms with van der Waals surface area (Å²) in [6, 6.07) is 3.38. The molecule has 2 saturated heterocycles. The molecule has 0 radical (unpaired) electrons. The maximum Gasteiger partial charge on any atom is 0.0223 e. The minimum Gasteiger partial charge on any atom is -0.314 e. The van der Waals surface area contributed by atoms with Crippen LogP contribution in [0.3, 0.4) is 0 Å². The van der Waals surface area contributed by atoms with Crippen LogP contribution in [0.25, 0.3) is 0 Å². The predicted molar refractivity (Wildman–Crippen MR) is 80.5 cm³/mol. The molecule has 1 saturated carbocycles. The predicted octanol–water partition coefficient (Wildman–Crippen LogP) is 2.08. The lowest BCUT2D eigenvalue weighted by atomic mass is 10.1. The van der Waals surface area contributed by atoms with Crippen molar-refractivity contribution in [2.45, 2.75) is 76.0 Å². The quantitative estimate of drug-likeness (QED) is 0.839. The van der Waals surface area contributed by atoms with Crippen molar-refractivity contribution in [1.29, 1.82) is 0 Å². The first-order chi connectivity index (χ1) is 9.28. The van der Waals surface area contributed by atoms with E-state index in [1.807, 2.05) is 0 Å². The molecule has 3 fully saturated rings. The molecule has 3 heteroatoms. The van der Waals surface area contributed by atoms with E-state index >= 15 is 0 Å². The average molecular weight is 265 g/mol. The van der Waals surface area contributed by atoms with Crippen LogP contribution in [0.5, 0.6) is 0 Å². The number of nitrogens with zero attached hydrogens (tertiary/aromatic N) is 2. The molecule has 4 unspecified atom stereocenters. The summed E-state index contributed by atoms with van der Waals surface area (Å²) < 4.78 is 0. The Kier molecular flexibility index (Phi) is 4.45. The second-order valence-corrected chi connectivity index (χ2v) is 6.95. The van der Waals surface area contributed by atoms with Gasteiger partial charge in [0.1, 0.15) is 0 Å². The van der Waals surface area contributed by atoms with Crippen LogP contribution in [0.4, 0.5) is 0 Å². The fourth-order valence-corrected chi connectivity index (χ4v) is 4.49. The Balaban J connectivity index is 1.53. The summed E-state index contributed by atoms with van der Waals surface area (Å²) in [5.74, 6) is 0. The number of hydrogen-bond donors (Lipinski definition) is 1. The van der Waals surface area contributed by atoms with Crippen molar-refractivity contribution in [3.8, 4) is 0 Å². The van der Waals surface area contributed by atoms with Gasteiger partial charge in [-0.1, -0.05) is 6.92 Å². The number of hydrogen-bond acceptors (Lipinski definition) is 3. The minimum absolute atomic E-state index is 0.795. The van der Waals surface area contributed by atoms with Gasteiger partial charge < -0.3 is 5.32 Å². The summed E-state index contributed by atoms with van der Waals surface area (Å²) in [6.45, 7) is 6.14. The van der Waals surface area contributed by atoms with E-state index in [4.69, 9.17) is 0 Å². The van der Waals surface area contributed by atoms with Crippen molar-refractivity contribution >= 4 is 0 Å². The van der Waals surface area contributed by atoms with Crippen LogP contribution in [-0.2, 0) is 0 Å². The molecule has 3 rings (SSSR count). The fourth-order valence-electron chi connectivity index (χ4n) is 4.49. The maximum absolute atomic E-state index is 3.72. The fraction of sp³-hybridized carbons (Fsp3) is 1.00. The number of likely N-dealkylation sites (N-methyl/N-ethyl adjacent to an activating group) is 1. The monoisotopic (exact) mass is 265 g/mol. The van der Waals surface area contributed by atoms with Crippen LogP contribution < -0.4 is 5.32 Å². The van der Waals surface area contributed by atoms with Crippen LogP contribution in [-0.4, -0.2) is 60.6 Å². The zero-order chi connectivity index (χ0) is 13.2. The molecule has 3 nitrogen and oxygen atoms in total. The summed E-state index contributed by atoms with van der Waals surface area (Å²) >= 11 is 0. The Morgan fingerprint density at radius 1 is 1.00 bits per heavy atom. The molecule has 0 aromatic carbocycles.